The molecule has 0 heterocycles. The molecule has 1 unspecified atom stereocenters. The van der Waals surface area contributed by atoms with Crippen LogP contribution in [0.4, 0.5) is 0 Å². The van der Waals surface area contributed by atoms with Gasteiger partial charge in [-0.05, 0) is 63.8 Å². The van der Waals surface area contributed by atoms with Crippen LogP contribution in [0.25, 0.3) is 0 Å². The van der Waals surface area contributed by atoms with Gasteiger partial charge >= 0.3 is 0 Å². The summed E-state index contributed by atoms with van der Waals surface area (Å²) < 4.78 is 0. The van der Waals surface area contributed by atoms with Gasteiger partial charge in [0.05, 0.1) is 6.04 Å². The number of hydrogen-bond donors (Lipinski definition) is 0. The van der Waals surface area contributed by atoms with Crippen LogP contribution in [-0.2, 0) is 0 Å². The summed E-state index contributed by atoms with van der Waals surface area (Å²) in [7, 11) is 2.10. The van der Waals surface area contributed by atoms with Crippen molar-refractivity contribution in [3.8, 4) is 0 Å². The number of Topliss-reactive ketones (excluding diaryl/α,β-unsaturated/α-hetero) is 1. The van der Waals surface area contributed by atoms with Crippen LogP contribution in [0.5, 0.6) is 0 Å². The van der Waals surface area contributed by atoms with E-state index in [2.05, 4.69) is 31.9 Å². The number of benzene rings is 1. The summed E-state index contributed by atoms with van der Waals surface area (Å²) in [5, 5.41) is 0. The van der Waals surface area contributed by atoms with Crippen molar-refractivity contribution in [1.29, 1.82) is 0 Å². The van der Waals surface area contributed by atoms with Crippen molar-refractivity contribution >= 4 is 5.78 Å². The van der Waals surface area contributed by atoms with E-state index in [0.29, 0.717) is 0 Å². The molecular weight excluding hydrogens is 258 g/mol. The van der Waals surface area contributed by atoms with Gasteiger partial charge in [-0.15, -0.1) is 0 Å². The summed E-state index contributed by atoms with van der Waals surface area (Å²) in [6, 6.07) is 6.02. The highest BCUT2D eigenvalue weighted by molar-refractivity contribution is 6.00. The second-order valence-corrected chi connectivity index (χ2v) is 6.78. The number of carbonyl (C=O) groups excluding carboxylic acids is 1. The van der Waals surface area contributed by atoms with Gasteiger partial charge in [0.25, 0.3) is 0 Å². The summed E-state index contributed by atoms with van der Waals surface area (Å²) in [6.45, 7) is 7.25. The molecule has 1 saturated carbocycles. The third-order valence-corrected chi connectivity index (χ3v) is 5.10. The van der Waals surface area contributed by atoms with Crippen molar-refractivity contribution in [3.05, 3.63) is 34.9 Å². The second kappa shape index (κ2) is 7.22. The van der Waals surface area contributed by atoms with Crippen molar-refractivity contribution in [1.82, 2.24) is 4.90 Å². The van der Waals surface area contributed by atoms with Crippen LogP contribution >= 0.6 is 0 Å². The Balaban J connectivity index is 1.98. The zero-order chi connectivity index (χ0) is 15.4. The first-order valence-corrected chi connectivity index (χ1v) is 8.30. The van der Waals surface area contributed by atoms with Gasteiger partial charge in [-0.3, -0.25) is 9.69 Å². The van der Waals surface area contributed by atoms with Gasteiger partial charge in [-0.2, -0.15) is 0 Å². The minimum atomic E-state index is -0.0333. The van der Waals surface area contributed by atoms with E-state index < -0.39 is 0 Å². The Labute approximate surface area is 129 Å². The smallest absolute Gasteiger partial charge is 0.179 e. The molecule has 21 heavy (non-hydrogen) atoms. The van der Waals surface area contributed by atoms with Crippen molar-refractivity contribution in [2.75, 3.05) is 13.6 Å². The standard InChI is InChI=1S/C19H29NO/c1-14-10-11-18(12-15(14)2)19(21)16(3)20(4)13-17-8-6-5-7-9-17/h10-12,16-17H,5-9,13H2,1-4H3. The maximum Gasteiger partial charge on any atom is 0.179 e. The highest BCUT2D eigenvalue weighted by Crippen LogP contribution is 2.25. The monoisotopic (exact) mass is 287 g/mol. The fraction of sp³-hybridized carbons (Fsp3) is 0.632. The summed E-state index contributed by atoms with van der Waals surface area (Å²) in [5.74, 6) is 1.02. The third kappa shape index (κ3) is 4.16. The quantitative estimate of drug-likeness (QED) is 0.749. The molecule has 0 saturated heterocycles. The first kappa shape index (κ1) is 16.2. The van der Waals surface area contributed by atoms with Crippen molar-refractivity contribution in [3.63, 3.8) is 0 Å². The maximum absolute atomic E-state index is 12.6. The number of aryl methyl sites for hydroxylation is 2. The molecule has 1 aliphatic rings. The number of ketones is 1. The number of rotatable bonds is 5. The summed E-state index contributed by atoms with van der Waals surface area (Å²) in [4.78, 5) is 14.9. The van der Waals surface area contributed by atoms with E-state index >= 15 is 0 Å². The van der Waals surface area contributed by atoms with E-state index in [9.17, 15) is 4.79 Å². The minimum Gasteiger partial charge on any atom is -0.296 e. The lowest BCUT2D eigenvalue weighted by atomic mass is 9.88. The van der Waals surface area contributed by atoms with Crippen molar-refractivity contribution in [2.24, 2.45) is 5.92 Å². The van der Waals surface area contributed by atoms with Gasteiger partial charge in [0.1, 0.15) is 0 Å². The Morgan fingerprint density at radius 2 is 1.86 bits per heavy atom. The summed E-state index contributed by atoms with van der Waals surface area (Å²) in [6.07, 6.45) is 6.76. The summed E-state index contributed by atoms with van der Waals surface area (Å²) in [5.41, 5.74) is 3.29. The van der Waals surface area contributed by atoms with Crippen LogP contribution in [0.1, 0.15) is 60.5 Å². The lowest BCUT2D eigenvalue weighted by Gasteiger charge is -2.30. The molecule has 2 nitrogen and oxygen atoms in total. The van der Waals surface area contributed by atoms with Crippen LogP contribution < -0.4 is 0 Å². The first-order valence-electron chi connectivity index (χ1n) is 8.30. The minimum absolute atomic E-state index is 0.0333. The lowest BCUT2D eigenvalue weighted by molar-refractivity contribution is 0.0842. The van der Waals surface area contributed by atoms with Crippen LogP contribution in [0.15, 0.2) is 18.2 Å². The number of carbonyl (C=O) groups is 1. The molecule has 1 aromatic carbocycles. The molecule has 2 heteroatoms. The topological polar surface area (TPSA) is 20.3 Å². The molecule has 116 valence electrons. The van der Waals surface area contributed by atoms with Gasteiger partial charge in [0.15, 0.2) is 5.78 Å². The van der Waals surface area contributed by atoms with Gasteiger partial charge in [0, 0.05) is 12.1 Å². The second-order valence-electron chi connectivity index (χ2n) is 6.78. The van der Waals surface area contributed by atoms with E-state index in [4.69, 9.17) is 0 Å². The molecule has 2 rings (SSSR count). The normalized spacial score (nSPS) is 18.0. The average Bonchev–Trinajstić information content (AvgIpc) is 2.49. The Kier molecular flexibility index (Phi) is 5.58. The molecule has 1 fully saturated rings. The zero-order valence-corrected chi connectivity index (χ0v) is 14.0. The van der Waals surface area contributed by atoms with E-state index in [1.807, 2.05) is 19.1 Å². The van der Waals surface area contributed by atoms with Gasteiger partial charge in [-0.1, -0.05) is 31.4 Å². The zero-order valence-electron chi connectivity index (χ0n) is 14.0. The van der Waals surface area contributed by atoms with Crippen molar-refractivity contribution < 1.29 is 4.79 Å². The fourth-order valence-corrected chi connectivity index (χ4v) is 3.27. The SMILES string of the molecule is Cc1ccc(C(=O)C(C)N(C)CC2CCCCC2)cc1C. The number of likely N-dealkylation sites (N-methyl/N-ethyl adjacent to an activating group) is 1. The van der Waals surface area contributed by atoms with Crippen molar-refractivity contribution in [2.45, 2.75) is 58.9 Å². The van der Waals surface area contributed by atoms with Gasteiger partial charge in [-0.25, -0.2) is 0 Å². The van der Waals surface area contributed by atoms with Gasteiger partial charge < -0.3 is 0 Å². The Bertz CT molecular complexity index is 488. The number of nitrogens with zero attached hydrogens (tertiary/aromatic N) is 1. The Hall–Kier alpha value is -1.15. The Morgan fingerprint density at radius 1 is 1.19 bits per heavy atom. The van der Waals surface area contributed by atoms with E-state index in [-0.39, 0.29) is 11.8 Å². The van der Waals surface area contributed by atoms with Gasteiger partial charge in [0.2, 0.25) is 0 Å². The molecule has 1 atom stereocenters. The highest BCUT2D eigenvalue weighted by atomic mass is 16.1. The molecule has 0 spiro atoms. The molecule has 1 aliphatic carbocycles. The molecule has 0 aromatic heterocycles. The highest BCUT2D eigenvalue weighted by Gasteiger charge is 2.23. The van der Waals surface area contributed by atoms with E-state index in [1.165, 1.54) is 43.2 Å². The molecule has 0 bridgehead atoms. The largest absolute Gasteiger partial charge is 0.296 e. The molecule has 0 aliphatic heterocycles. The fourth-order valence-electron chi connectivity index (χ4n) is 3.27. The molecule has 0 amide bonds. The molecule has 0 N–H and O–H groups in total. The van der Waals surface area contributed by atoms with Crippen LogP contribution in [-0.4, -0.2) is 30.3 Å². The predicted molar refractivity (Wildman–Crippen MR) is 88.9 cm³/mol. The number of hydrogen-bond acceptors (Lipinski definition) is 2. The predicted octanol–water partition coefficient (Wildman–Crippen LogP) is 4.39. The maximum atomic E-state index is 12.6. The lowest BCUT2D eigenvalue weighted by Crippen LogP contribution is -2.39. The van der Waals surface area contributed by atoms with E-state index in [1.54, 1.807) is 0 Å². The summed E-state index contributed by atoms with van der Waals surface area (Å²) >= 11 is 0. The Morgan fingerprint density at radius 3 is 2.48 bits per heavy atom. The molecule has 0 radical (unpaired) electrons. The van der Waals surface area contributed by atoms with Crippen LogP contribution in [0.2, 0.25) is 0 Å². The first-order chi connectivity index (χ1) is 9.99. The molecule has 1 aromatic rings. The van der Waals surface area contributed by atoms with E-state index in [0.717, 1.165) is 18.0 Å². The average molecular weight is 287 g/mol. The van der Waals surface area contributed by atoms with Crippen LogP contribution in [0, 0.1) is 19.8 Å². The van der Waals surface area contributed by atoms with Crippen LogP contribution in [0.3, 0.4) is 0 Å². The third-order valence-electron chi connectivity index (χ3n) is 5.10. The molecular formula is C19H29NO.